The van der Waals surface area contributed by atoms with Crippen LogP contribution in [0.25, 0.3) is 0 Å². The van der Waals surface area contributed by atoms with Crippen molar-refractivity contribution in [3.63, 3.8) is 0 Å². The molecule has 0 saturated carbocycles. The van der Waals surface area contributed by atoms with E-state index in [9.17, 15) is 9.90 Å². The first kappa shape index (κ1) is 22.0. The summed E-state index contributed by atoms with van der Waals surface area (Å²) in [6.45, 7) is 2.20. The minimum atomic E-state index is -0.909. The van der Waals surface area contributed by atoms with Crippen LogP contribution in [0, 0.1) is 0 Å². The van der Waals surface area contributed by atoms with E-state index < -0.39 is 5.97 Å². The Balaban J connectivity index is 2.16. The van der Waals surface area contributed by atoms with E-state index in [0.29, 0.717) is 11.3 Å². The van der Waals surface area contributed by atoms with Crippen LogP contribution in [0.1, 0.15) is 80.6 Å². The number of allylic oxidation sites excluding steroid dienone is 4. The van der Waals surface area contributed by atoms with E-state index >= 15 is 0 Å². The molecule has 0 aliphatic heterocycles. The highest BCUT2D eigenvalue weighted by Gasteiger charge is 2.15. The van der Waals surface area contributed by atoms with Gasteiger partial charge < -0.3 is 9.84 Å². The van der Waals surface area contributed by atoms with Gasteiger partial charge in [0.2, 0.25) is 0 Å². The number of carboxylic acids is 1. The van der Waals surface area contributed by atoms with Crippen LogP contribution in [0.2, 0.25) is 0 Å². The minimum Gasteiger partial charge on any atom is -0.496 e. The molecule has 0 bridgehead atoms. The normalized spacial score (nSPS) is 11.5. The Hall–Kier alpha value is -2.03. The molecule has 0 aliphatic carbocycles. The Morgan fingerprint density at radius 1 is 1.00 bits per heavy atom. The second-order valence-corrected chi connectivity index (χ2v) is 6.57. The van der Waals surface area contributed by atoms with Crippen LogP contribution in [-0.4, -0.2) is 18.2 Å². The average Bonchev–Trinajstić information content (AvgIpc) is 2.65. The molecule has 0 radical (unpaired) electrons. The Morgan fingerprint density at radius 2 is 1.69 bits per heavy atom. The van der Waals surface area contributed by atoms with Crippen LogP contribution in [0.4, 0.5) is 0 Å². The van der Waals surface area contributed by atoms with Gasteiger partial charge in [0.1, 0.15) is 11.3 Å². The van der Waals surface area contributed by atoms with Gasteiger partial charge >= 0.3 is 5.97 Å². The van der Waals surface area contributed by atoms with Crippen LogP contribution in [0.5, 0.6) is 5.75 Å². The van der Waals surface area contributed by atoms with Crippen molar-refractivity contribution in [2.45, 2.75) is 71.1 Å². The first-order valence-corrected chi connectivity index (χ1v) is 9.89. The number of aryl methyl sites for hydroxylation is 1. The molecule has 1 N–H and O–H groups in total. The molecule has 0 spiro atoms. The number of rotatable bonds is 14. The maximum absolute atomic E-state index is 11.4. The molecule has 1 aromatic rings. The molecule has 3 heteroatoms. The maximum Gasteiger partial charge on any atom is 0.339 e. The molecule has 1 aromatic carbocycles. The van der Waals surface area contributed by atoms with Crippen LogP contribution in [0.3, 0.4) is 0 Å². The standard InChI is InChI=1S/C23H34O3/c1-3-4-5-6-7-8-9-10-11-12-13-14-15-17-20-18-16-19-21(26-2)22(20)23(24)25/h5-6,8-9,16,18-19H,3-4,7,10-15,17H2,1-2H3,(H,24,25)/b6-5-,9-8-. The molecule has 0 atom stereocenters. The molecule has 0 amide bonds. The third kappa shape index (κ3) is 8.89. The van der Waals surface area contributed by atoms with Gasteiger partial charge in [-0.05, 0) is 50.2 Å². The Bertz CT molecular complexity index is 573. The van der Waals surface area contributed by atoms with Gasteiger partial charge in [0.15, 0.2) is 0 Å². The third-order valence-electron chi connectivity index (χ3n) is 4.42. The van der Waals surface area contributed by atoms with Gasteiger partial charge in [-0.15, -0.1) is 0 Å². The number of hydrogen-bond donors (Lipinski definition) is 1. The summed E-state index contributed by atoms with van der Waals surface area (Å²) in [6.07, 6.45) is 20.3. The first-order valence-electron chi connectivity index (χ1n) is 9.89. The average molecular weight is 359 g/mol. The highest BCUT2D eigenvalue weighted by Crippen LogP contribution is 2.24. The fourth-order valence-corrected chi connectivity index (χ4v) is 2.98. The zero-order chi connectivity index (χ0) is 19.0. The van der Waals surface area contributed by atoms with Crippen LogP contribution in [0.15, 0.2) is 42.5 Å². The fraction of sp³-hybridized carbons (Fsp3) is 0.522. The fourth-order valence-electron chi connectivity index (χ4n) is 2.98. The molecule has 26 heavy (non-hydrogen) atoms. The molecule has 0 unspecified atom stereocenters. The van der Waals surface area contributed by atoms with Crippen molar-refractivity contribution < 1.29 is 14.6 Å². The van der Waals surface area contributed by atoms with E-state index in [1.54, 1.807) is 6.07 Å². The Labute approximate surface area is 158 Å². The summed E-state index contributed by atoms with van der Waals surface area (Å²) < 4.78 is 5.17. The van der Waals surface area contributed by atoms with Gasteiger partial charge in [-0.2, -0.15) is 0 Å². The van der Waals surface area contributed by atoms with Gasteiger partial charge in [-0.1, -0.05) is 69.0 Å². The first-order chi connectivity index (χ1) is 12.7. The number of carboxylic acid groups (broad SMARTS) is 1. The number of carbonyl (C=O) groups is 1. The number of hydrogen-bond acceptors (Lipinski definition) is 2. The van der Waals surface area contributed by atoms with E-state index in [2.05, 4.69) is 31.2 Å². The quantitative estimate of drug-likeness (QED) is 0.302. The maximum atomic E-state index is 11.4. The summed E-state index contributed by atoms with van der Waals surface area (Å²) in [6, 6.07) is 5.47. The van der Waals surface area contributed by atoms with Crippen molar-refractivity contribution in [1.82, 2.24) is 0 Å². The zero-order valence-corrected chi connectivity index (χ0v) is 16.4. The number of methoxy groups -OCH3 is 1. The second kappa shape index (κ2) is 14.2. The van der Waals surface area contributed by atoms with Crippen molar-refractivity contribution in [3.8, 4) is 5.75 Å². The van der Waals surface area contributed by atoms with E-state index in [-0.39, 0.29) is 0 Å². The van der Waals surface area contributed by atoms with Gasteiger partial charge in [0.25, 0.3) is 0 Å². The van der Waals surface area contributed by atoms with E-state index in [0.717, 1.165) is 37.7 Å². The van der Waals surface area contributed by atoms with Gasteiger partial charge in [-0.25, -0.2) is 4.79 Å². The van der Waals surface area contributed by atoms with Crippen LogP contribution in [-0.2, 0) is 6.42 Å². The van der Waals surface area contributed by atoms with Crippen molar-refractivity contribution >= 4 is 5.97 Å². The smallest absolute Gasteiger partial charge is 0.339 e. The van der Waals surface area contributed by atoms with Crippen molar-refractivity contribution in [3.05, 3.63) is 53.6 Å². The van der Waals surface area contributed by atoms with Crippen molar-refractivity contribution in [2.75, 3.05) is 7.11 Å². The third-order valence-corrected chi connectivity index (χ3v) is 4.42. The van der Waals surface area contributed by atoms with Gasteiger partial charge in [-0.3, -0.25) is 0 Å². The molecule has 0 fully saturated rings. The number of unbranched alkanes of at least 4 members (excludes halogenated alkanes) is 6. The molecular formula is C23H34O3. The largest absolute Gasteiger partial charge is 0.496 e. The second-order valence-electron chi connectivity index (χ2n) is 6.57. The topological polar surface area (TPSA) is 46.5 Å². The van der Waals surface area contributed by atoms with Crippen LogP contribution >= 0.6 is 0 Å². The Morgan fingerprint density at radius 3 is 2.38 bits per heavy atom. The van der Waals surface area contributed by atoms with Crippen molar-refractivity contribution in [1.29, 1.82) is 0 Å². The van der Waals surface area contributed by atoms with Crippen molar-refractivity contribution in [2.24, 2.45) is 0 Å². The summed E-state index contributed by atoms with van der Waals surface area (Å²) in [7, 11) is 1.52. The number of benzene rings is 1. The van der Waals surface area contributed by atoms with E-state index in [1.165, 1.54) is 39.2 Å². The molecule has 3 nitrogen and oxygen atoms in total. The monoisotopic (exact) mass is 358 g/mol. The SMILES string of the molecule is CCC/C=C\C/C=C\CCCCCCCc1cccc(OC)c1C(=O)O. The highest BCUT2D eigenvalue weighted by atomic mass is 16.5. The molecule has 1 rings (SSSR count). The number of ether oxygens (including phenoxy) is 1. The predicted octanol–water partition coefficient (Wildman–Crippen LogP) is 6.58. The molecule has 0 heterocycles. The predicted molar refractivity (Wildman–Crippen MR) is 109 cm³/mol. The molecular weight excluding hydrogens is 324 g/mol. The molecule has 0 aliphatic rings. The molecule has 0 saturated heterocycles. The summed E-state index contributed by atoms with van der Waals surface area (Å²) in [4.78, 5) is 11.4. The Kier molecular flexibility index (Phi) is 12.0. The summed E-state index contributed by atoms with van der Waals surface area (Å²) in [5.74, 6) is -0.458. The molecule has 0 aromatic heterocycles. The lowest BCUT2D eigenvalue weighted by Crippen LogP contribution is -2.05. The summed E-state index contributed by atoms with van der Waals surface area (Å²) >= 11 is 0. The van der Waals surface area contributed by atoms with Crippen LogP contribution < -0.4 is 4.74 Å². The lowest BCUT2D eigenvalue weighted by molar-refractivity contribution is 0.0692. The lowest BCUT2D eigenvalue weighted by atomic mass is 9.99. The minimum absolute atomic E-state index is 0.313. The molecule has 144 valence electrons. The van der Waals surface area contributed by atoms with E-state index in [4.69, 9.17) is 4.74 Å². The van der Waals surface area contributed by atoms with Gasteiger partial charge in [0.05, 0.1) is 7.11 Å². The summed E-state index contributed by atoms with van der Waals surface area (Å²) in [5.41, 5.74) is 1.18. The lowest BCUT2D eigenvalue weighted by Gasteiger charge is -2.10. The number of aromatic carboxylic acids is 1. The van der Waals surface area contributed by atoms with Gasteiger partial charge in [0, 0.05) is 0 Å². The zero-order valence-electron chi connectivity index (χ0n) is 16.4. The van der Waals surface area contributed by atoms with E-state index in [1.807, 2.05) is 12.1 Å². The highest BCUT2D eigenvalue weighted by molar-refractivity contribution is 5.92. The summed E-state index contributed by atoms with van der Waals surface area (Å²) in [5, 5.41) is 9.39.